The molecule has 0 atom stereocenters. The zero-order valence-electron chi connectivity index (χ0n) is 10.5. The van der Waals surface area contributed by atoms with Crippen molar-refractivity contribution >= 4 is 9.84 Å². The lowest BCUT2D eigenvalue weighted by Gasteiger charge is -2.09. The number of methoxy groups -OCH3 is 1. The van der Waals surface area contributed by atoms with Crippen LogP contribution < -0.4 is 5.32 Å². The van der Waals surface area contributed by atoms with E-state index in [4.69, 9.17) is 4.74 Å². The van der Waals surface area contributed by atoms with Crippen LogP contribution in [0.1, 0.15) is 6.42 Å². The molecule has 0 unspecified atom stereocenters. The smallest absolute Gasteiger partial charge is 0.153 e. The molecule has 0 aromatic carbocycles. The quantitative estimate of drug-likeness (QED) is 0.536. The number of hydrogen-bond donors (Lipinski definition) is 1. The number of nitrogens with zero attached hydrogens (tertiary/aromatic N) is 1. The Labute approximate surface area is 99.1 Å². The zero-order chi connectivity index (χ0) is 12.4. The average molecular weight is 252 g/mol. The largest absolute Gasteiger partial charge is 0.384 e. The monoisotopic (exact) mass is 252 g/mol. The van der Waals surface area contributed by atoms with E-state index < -0.39 is 9.84 Å². The van der Waals surface area contributed by atoms with Crippen LogP contribution in [0, 0.1) is 0 Å². The minimum Gasteiger partial charge on any atom is -0.384 e. The van der Waals surface area contributed by atoms with Gasteiger partial charge in [0.2, 0.25) is 0 Å². The summed E-state index contributed by atoms with van der Waals surface area (Å²) in [6.07, 6.45) is 1.03. The Balaban J connectivity index is 3.43. The summed E-state index contributed by atoms with van der Waals surface area (Å²) in [7, 11) is 2.61. The van der Waals surface area contributed by atoms with Crippen LogP contribution in [0.3, 0.4) is 0 Å². The van der Waals surface area contributed by atoms with E-state index in [2.05, 4.69) is 10.2 Å². The zero-order valence-corrected chi connectivity index (χ0v) is 11.3. The summed E-state index contributed by atoms with van der Waals surface area (Å²) in [6.45, 7) is 2.68. The molecule has 0 saturated carbocycles. The molecule has 0 fully saturated rings. The second-order valence-corrected chi connectivity index (χ2v) is 6.36. The molecule has 0 saturated heterocycles. The van der Waals surface area contributed by atoms with Crippen molar-refractivity contribution in [2.45, 2.75) is 6.42 Å². The maximum atomic E-state index is 11.4. The van der Waals surface area contributed by atoms with Gasteiger partial charge in [0, 0.05) is 13.7 Å². The van der Waals surface area contributed by atoms with Crippen LogP contribution in [0.2, 0.25) is 0 Å². The SMILES string of the molecule is COCCS(=O)(=O)CCNCCCN(C)C. The van der Waals surface area contributed by atoms with Crippen LogP contribution in [0.15, 0.2) is 0 Å². The third-order valence-electron chi connectivity index (χ3n) is 2.15. The van der Waals surface area contributed by atoms with Gasteiger partial charge in [-0.15, -0.1) is 0 Å². The molecular formula is C10H24N2O3S. The minimum absolute atomic E-state index is 0.114. The van der Waals surface area contributed by atoms with Gasteiger partial charge >= 0.3 is 0 Å². The second-order valence-electron chi connectivity index (χ2n) is 4.05. The topological polar surface area (TPSA) is 58.6 Å². The van der Waals surface area contributed by atoms with Gasteiger partial charge in [-0.05, 0) is 33.6 Å². The van der Waals surface area contributed by atoms with Crippen LogP contribution in [0.25, 0.3) is 0 Å². The number of nitrogens with one attached hydrogen (secondary N) is 1. The lowest BCUT2D eigenvalue weighted by molar-refractivity contribution is 0.217. The molecule has 16 heavy (non-hydrogen) atoms. The third kappa shape index (κ3) is 10.4. The molecule has 0 bridgehead atoms. The Hall–Kier alpha value is -0.170. The average Bonchev–Trinajstić information content (AvgIpc) is 2.20. The van der Waals surface area contributed by atoms with E-state index in [0.29, 0.717) is 6.54 Å². The summed E-state index contributed by atoms with van der Waals surface area (Å²) in [6, 6.07) is 0. The molecule has 0 amide bonds. The Kier molecular flexibility index (Phi) is 8.83. The van der Waals surface area contributed by atoms with Crippen molar-refractivity contribution in [3.05, 3.63) is 0 Å². The Morgan fingerprint density at radius 3 is 2.44 bits per heavy atom. The van der Waals surface area contributed by atoms with E-state index in [-0.39, 0.29) is 18.1 Å². The van der Waals surface area contributed by atoms with Crippen molar-refractivity contribution in [2.75, 3.05) is 59.0 Å². The maximum absolute atomic E-state index is 11.4. The Morgan fingerprint density at radius 2 is 1.88 bits per heavy atom. The molecule has 0 radical (unpaired) electrons. The first kappa shape index (κ1) is 15.8. The third-order valence-corrected chi connectivity index (χ3v) is 3.76. The van der Waals surface area contributed by atoms with Crippen LogP contribution >= 0.6 is 0 Å². The fourth-order valence-electron chi connectivity index (χ4n) is 1.19. The van der Waals surface area contributed by atoms with Crippen molar-refractivity contribution < 1.29 is 13.2 Å². The van der Waals surface area contributed by atoms with Gasteiger partial charge in [-0.3, -0.25) is 0 Å². The van der Waals surface area contributed by atoms with E-state index in [9.17, 15) is 8.42 Å². The normalized spacial score (nSPS) is 12.2. The van der Waals surface area contributed by atoms with E-state index >= 15 is 0 Å². The highest BCUT2D eigenvalue weighted by molar-refractivity contribution is 7.91. The number of ether oxygens (including phenoxy) is 1. The van der Waals surface area contributed by atoms with Gasteiger partial charge in [-0.25, -0.2) is 8.42 Å². The molecule has 0 heterocycles. The highest BCUT2D eigenvalue weighted by atomic mass is 32.2. The summed E-state index contributed by atoms with van der Waals surface area (Å²) in [5, 5.41) is 3.13. The fraction of sp³-hybridized carbons (Fsp3) is 1.00. The standard InChI is InChI=1S/C10H24N2O3S/c1-12(2)7-4-5-11-6-9-16(13,14)10-8-15-3/h11H,4-10H2,1-3H3. The molecule has 1 N–H and O–H groups in total. The van der Waals surface area contributed by atoms with E-state index in [0.717, 1.165) is 19.5 Å². The summed E-state index contributed by atoms with van der Waals surface area (Å²) in [5.74, 6) is 0.307. The first-order valence-electron chi connectivity index (χ1n) is 5.53. The molecule has 98 valence electrons. The number of hydrogen-bond acceptors (Lipinski definition) is 5. The molecule has 0 rings (SSSR count). The van der Waals surface area contributed by atoms with Crippen LogP contribution in [0.4, 0.5) is 0 Å². The van der Waals surface area contributed by atoms with Crippen molar-refractivity contribution in [2.24, 2.45) is 0 Å². The number of rotatable bonds is 10. The predicted molar refractivity (Wildman–Crippen MR) is 66.6 cm³/mol. The molecule has 0 aliphatic heterocycles. The van der Waals surface area contributed by atoms with Gasteiger partial charge in [0.25, 0.3) is 0 Å². The molecule has 6 heteroatoms. The Morgan fingerprint density at radius 1 is 1.19 bits per heavy atom. The van der Waals surface area contributed by atoms with Crippen molar-refractivity contribution in [1.82, 2.24) is 10.2 Å². The van der Waals surface area contributed by atoms with Gasteiger partial charge in [0.15, 0.2) is 9.84 Å². The summed E-state index contributed by atoms with van der Waals surface area (Å²) < 4.78 is 27.5. The van der Waals surface area contributed by atoms with Gasteiger partial charge in [0.05, 0.1) is 18.1 Å². The minimum atomic E-state index is -2.95. The molecule has 0 spiro atoms. The van der Waals surface area contributed by atoms with E-state index in [1.807, 2.05) is 14.1 Å². The molecule has 0 aliphatic rings. The maximum Gasteiger partial charge on any atom is 0.153 e. The van der Waals surface area contributed by atoms with Gasteiger partial charge in [-0.1, -0.05) is 0 Å². The van der Waals surface area contributed by atoms with Crippen LogP contribution in [-0.4, -0.2) is 72.3 Å². The van der Waals surface area contributed by atoms with Crippen molar-refractivity contribution in [1.29, 1.82) is 0 Å². The first-order chi connectivity index (χ1) is 7.48. The molecule has 0 aromatic heterocycles. The Bertz CT molecular complexity index is 253. The first-order valence-corrected chi connectivity index (χ1v) is 7.35. The lowest BCUT2D eigenvalue weighted by Crippen LogP contribution is -2.27. The highest BCUT2D eigenvalue weighted by Gasteiger charge is 2.09. The lowest BCUT2D eigenvalue weighted by atomic mass is 10.4. The summed E-state index contributed by atoms with van der Waals surface area (Å²) >= 11 is 0. The van der Waals surface area contributed by atoms with Gasteiger partial charge in [0.1, 0.15) is 0 Å². The van der Waals surface area contributed by atoms with Crippen molar-refractivity contribution in [3.8, 4) is 0 Å². The highest BCUT2D eigenvalue weighted by Crippen LogP contribution is 1.89. The van der Waals surface area contributed by atoms with E-state index in [1.165, 1.54) is 7.11 Å². The summed E-state index contributed by atoms with van der Waals surface area (Å²) in [4.78, 5) is 2.11. The molecular weight excluding hydrogens is 228 g/mol. The van der Waals surface area contributed by atoms with Crippen LogP contribution in [-0.2, 0) is 14.6 Å². The molecule has 0 aromatic rings. The second kappa shape index (κ2) is 8.92. The predicted octanol–water partition coefficient (Wildman–Crippen LogP) is -0.411. The molecule has 0 aliphatic carbocycles. The molecule has 5 nitrogen and oxygen atoms in total. The van der Waals surface area contributed by atoms with E-state index in [1.54, 1.807) is 0 Å². The number of sulfone groups is 1. The fourth-order valence-corrected chi connectivity index (χ4v) is 2.27. The van der Waals surface area contributed by atoms with Crippen molar-refractivity contribution in [3.63, 3.8) is 0 Å². The van der Waals surface area contributed by atoms with Crippen LogP contribution in [0.5, 0.6) is 0 Å². The van der Waals surface area contributed by atoms with Gasteiger partial charge < -0.3 is 15.0 Å². The summed E-state index contributed by atoms with van der Waals surface area (Å²) in [5.41, 5.74) is 0. The van der Waals surface area contributed by atoms with Gasteiger partial charge in [-0.2, -0.15) is 0 Å².